The van der Waals surface area contributed by atoms with Crippen molar-refractivity contribution in [1.82, 2.24) is 4.72 Å². The van der Waals surface area contributed by atoms with Gasteiger partial charge in [0.2, 0.25) is 10.0 Å². The zero-order chi connectivity index (χ0) is 14.6. The van der Waals surface area contributed by atoms with Crippen LogP contribution in [0.15, 0.2) is 24.3 Å². The zero-order valence-electron chi connectivity index (χ0n) is 9.94. The van der Waals surface area contributed by atoms with Gasteiger partial charge in [0.15, 0.2) is 0 Å². The number of hydrogen-bond acceptors (Lipinski definition) is 5. The van der Waals surface area contributed by atoms with E-state index in [1.807, 2.05) is 4.72 Å². The molecule has 0 heterocycles. The Hall–Kier alpha value is -2.00. The number of nitro groups is 1. The topological polar surface area (TPSA) is 127 Å². The maximum atomic E-state index is 11.7. The number of carbonyl (C=O) groups is 1. The third-order valence-corrected chi connectivity index (χ3v) is 3.66. The van der Waals surface area contributed by atoms with E-state index in [1.165, 1.54) is 31.2 Å². The highest BCUT2D eigenvalue weighted by Gasteiger charge is 2.23. The number of rotatable bonds is 6. The Bertz CT molecular complexity index is 598. The summed E-state index contributed by atoms with van der Waals surface area (Å²) in [6.45, 7) is 1.17. The number of sulfonamides is 1. The van der Waals surface area contributed by atoms with Crippen LogP contribution in [-0.4, -0.2) is 30.5 Å². The van der Waals surface area contributed by atoms with E-state index in [2.05, 4.69) is 0 Å². The highest BCUT2D eigenvalue weighted by atomic mass is 32.2. The van der Waals surface area contributed by atoms with Crippen LogP contribution in [0, 0.1) is 10.1 Å². The molecule has 0 aromatic heterocycles. The molecule has 1 aromatic rings. The molecule has 0 amide bonds. The Morgan fingerprint density at radius 3 is 2.58 bits per heavy atom. The first-order valence-corrected chi connectivity index (χ1v) is 6.83. The minimum atomic E-state index is -3.97. The van der Waals surface area contributed by atoms with Gasteiger partial charge in [-0.05, 0) is 6.92 Å². The van der Waals surface area contributed by atoms with Crippen molar-refractivity contribution >= 4 is 21.7 Å². The van der Waals surface area contributed by atoms with Crippen molar-refractivity contribution in [3.8, 4) is 0 Å². The fourth-order valence-corrected chi connectivity index (χ4v) is 2.75. The predicted octanol–water partition coefficient (Wildman–Crippen LogP) is 0.487. The SMILES string of the molecule is C[C@@H](NS(=O)(=O)Cc1ccccc1[N+](=O)[O-])C(=O)O. The third-order valence-electron chi connectivity index (χ3n) is 2.26. The maximum absolute atomic E-state index is 11.7. The van der Waals surface area contributed by atoms with E-state index >= 15 is 0 Å². The Balaban J connectivity index is 2.96. The minimum absolute atomic E-state index is 0.00223. The first-order valence-electron chi connectivity index (χ1n) is 5.18. The maximum Gasteiger partial charge on any atom is 0.321 e. The molecule has 1 atom stereocenters. The average molecular weight is 288 g/mol. The van der Waals surface area contributed by atoms with Crippen molar-refractivity contribution in [2.75, 3.05) is 0 Å². The van der Waals surface area contributed by atoms with Gasteiger partial charge in [-0.25, -0.2) is 13.1 Å². The summed E-state index contributed by atoms with van der Waals surface area (Å²) in [6, 6.07) is 4.08. The molecule has 2 N–H and O–H groups in total. The van der Waals surface area contributed by atoms with Crippen LogP contribution >= 0.6 is 0 Å². The van der Waals surface area contributed by atoms with Gasteiger partial charge in [-0.15, -0.1) is 0 Å². The third kappa shape index (κ3) is 4.30. The molecule has 104 valence electrons. The molecule has 0 aliphatic rings. The lowest BCUT2D eigenvalue weighted by Crippen LogP contribution is -2.38. The number of benzene rings is 1. The standard InChI is InChI=1S/C10H12N2O6S/c1-7(10(13)14)11-19(17,18)6-8-4-2-3-5-9(8)12(15)16/h2-5,7,11H,6H2,1H3,(H,13,14)/t7-/m1/s1. The van der Waals surface area contributed by atoms with Crippen LogP contribution in [0.1, 0.15) is 12.5 Å². The predicted molar refractivity (Wildman–Crippen MR) is 66.0 cm³/mol. The van der Waals surface area contributed by atoms with Crippen LogP contribution in [-0.2, 0) is 20.6 Å². The fourth-order valence-electron chi connectivity index (χ4n) is 1.38. The molecule has 8 nitrogen and oxygen atoms in total. The molecule has 0 aliphatic carbocycles. The molecule has 0 radical (unpaired) electrons. The van der Waals surface area contributed by atoms with Crippen LogP contribution in [0.2, 0.25) is 0 Å². The number of aliphatic carboxylic acids is 1. The molecule has 1 rings (SSSR count). The molecule has 0 bridgehead atoms. The molecule has 0 saturated heterocycles. The van der Waals surface area contributed by atoms with Crippen molar-refractivity contribution < 1.29 is 23.2 Å². The lowest BCUT2D eigenvalue weighted by molar-refractivity contribution is -0.385. The van der Waals surface area contributed by atoms with Crippen molar-refractivity contribution in [3.05, 3.63) is 39.9 Å². The molecule has 0 spiro atoms. The van der Waals surface area contributed by atoms with Gasteiger partial charge < -0.3 is 5.11 Å². The summed E-state index contributed by atoms with van der Waals surface area (Å²) in [5.41, 5.74) is -0.326. The first kappa shape index (κ1) is 15.1. The molecular weight excluding hydrogens is 276 g/mol. The summed E-state index contributed by atoms with van der Waals surface area (Å²) in [5.74, 6) is -1.98. The van der Waals surface area contributed by atoms with Crippen LogP contribution < -0.4 is 4.72 Å². The highest BCUT2D eigenvalue weighted by molar-refractivity contribution is 7.88. The number of carboxylic acid groups (broad SMARTS) is 1. The molecule has 0 fully saturated rings. The monoisotopic (exact) mass is 288 g/mol. The second-order valence-electron chi connectivity index (χ2n) is 3.82. The van der Waals surface area contributed by atoms with Gasteiger partial charge in [0.25, 0.3) is 5.69 Å². The van der Waals surface area contributed by atoms with E-state index in [1.54, 1.807) is 0 Å². The van der Waals surface area contributed by atoms with Crippen LogP contribution in [0.25, 0.3) is 0 Å². The summed E-state index contributed by atoms with van der Waals surface area (Å²) in [4.78, 5) is 20.6. The number of para-hydroxylation sites is 1. The van der Waals surface area contributed by atoms with E-state index in [0.29, 0.717) is 0 Å². The van der Waals surface area contributed by atoms with Crippen molar-refractivity contribution in [3.63, 3.8) is 0 Å². The number of nitrogens with zero attached hydrogens (tertiary/aromatic N) is 1. The van der Waals surface area contributed by atoms with E-state index in [9.17, 15) is 23.3 Å². The van der Waals surface area contributed by atoms with E-state index in [4.69, 9.17) is 5.11 Å². The fraction of sp³-hybridized carbons (Fsp3) is 0.300. The second-order valence-corrected chi connectivity index (χ2v) is 5.58. The summed E-state index contributed by atoms with van der Waals surface area (Å²) in [7, 11) is -3.97. The molecule has 19 heavy (non-hydrogen) atoms. The van der Waals surface area contributed by atoms with Crippen molar-refractivity contribution in [2.24, 2.45) is 0 Å². The normalized spacial score (nSPS) is 12.9. The first-order chi connectivity index (χ1) is 8.73. The van der Waals surface area contributed by atoms with E-state index < -0.39 is 32.7 Å². The molecule has 0 unspecified atom stereocenters. The molecule has 0 aliphatic heterocycles. The number of nitrogens with one attached hydrogen (secondary N) is 1. The Labute approximate surface area is 109 Å². The molecule has 9 heteroatoms. The lowest BCUT2D eigenvalue weighted by Gasteiger charge is -2.10. The number of nitro benzene ring substituents is 1. The van der Waals surface area contributed by atoms with Gasteiger partial charge in [-0.1, -0.05) is 18.2 Å². The van der Waals surface area contributed by atoms with Crippen molar-refractivity contribution in [2.45, 2.75) is 18.7 Å². The Morgan fingerprint density at radius 2 is 2.05 bits per heavy atom. The van der Waals surface area contributed by atoms with Crippen LogP contribution in [0.5, 0.6) is 0 Å². The van der Waals surface area contributed by atoms with Crippen molar-refractivity contribution in [1.29, 1.82) is 0 Å². The average Bonchev–Trinajstić information content (AvgIpc) is 2.27. The quantitative estimate of drug-likeness (QED) is 0.579. The Kier molecular flexibility index (Phi) is 4.57. The van der Waals surface area contributed by atoms with E-state index in [0.717, 1.165) is 0 Å². The van der Waals surface area contributed by atoms with Gasteiger partial charge in [-0.3, -0.25) is 14.9 Å². The van der Waals surface area contributed by atoms with Gasteiger partial charge in [0.05, 0.1) is 10.7 Å². The van der Waals surface area contributed by atoms with Gasteiger partial charge in [0.1, 0.15) is 6.04 Å². The number of carboxylic acids is 1. The van der Waals surface area contributed by atoms with Gasteiger partial charge in [-0.2, -0.15) is 0 Å². The van der Waals surface area contributed by atoms with Crippen LogP contribution in [0.3, 0.4) is 0 Å². The summed E-state index contributed by atoms with van der Waals surface area (Å²) in [6.07, 6.45) is 0. The molecular formula is C10H12N2O6S. The summed E-state index contributed by atoms with van der Waals surface area (Å²) in [5, 5.41) is 19.4. The minimum Gasteiger partial charge on any atom is -0.480 e. The smallest absolute Gasteiger partial charge is 0.321 e. The molecule has 1 aromatic carbocycles. The van der Waals surface area contributed by atoms with E-state index in [-0.39, 0.29) is 11.3 Å². The number of hydrogen-bond donors (Lipinski definition) is 2. The van der Waals surface area contributed by atoms with Gasteiger partial charge >= 0.3 is 5.97 Å². The highest BCUT2D eigenvalue weighted by Crippen LogP contribution is 2.19. The van der Waals surface area contributed by atoms with Gasteiger partial charge in [0, 0.05) is 11.6 Å². The largest absolute Gasteiger partial charge is 0.480 e. The molecule has 0 saturated carbocycles. The summed E-state index contributed by atoms with van der Waals surface area (Å²) >= 11 is 0. The lowest BCUT2D eigenvalue weighted by atomic mass is 10.2. The second kappa shape index (κ2) is 5.76. The Morgan fingerprint density at radius 1 is 1.47 bits per heavy atom. The zero-order valence-corrected chi connectivity index (χ0v) is 10.8. The summed E-state index contributed by atoms with van der Waals surface area (Å²) < 4.78 is 25.3. The van der Waals surface area contributed by atoms with Crippen LogP contribution in [0.4, 0.5) is 5.69 Å².